The zero-order chi connectivity index (χ0) is 28.2. The summed E-state index contributed by atoms with van der Waals surface area (Å²) in [7, 11) is 3.07. The molecule has 0 saturated heterocycles. The highest BCUT2D eigenvalue weighted by molar-refractivity contribution is 5.92. The number of carbonyl (C=O) groups excluding carboxylic acids is 1. The lowest BCUT2D eigenvalue weighted by Gasteiger charge is -2.11. The second-order valence-corrected chi connectivity index (χ2v) is 9.82. The SMILES string of the molecule is COc1ncnc(C2CC2)c1-c1ncc2c(n1)c(Cc1ccc(-c3nc(C(F)(F)F)cn3C)cc1)cn2C(C)=O. The Morgan fingerprint density at radius 2 is 1.82 bits per heavy atom. The second-order valence-electron chi connectivity index (χ2n) is 9.82. The molecule has 1 aliphatic carbocycles. The summed E-state index contributed by atoms with van der Waals surface area (Å²) in [6.07, 6.45) is 3.77. The summed E-state index contributed by atoms with van der Waals surface area (Å²) in [5, 5.41) is 0. The van der Waals surface area contributed by atoms with E-state index in [2.05, 4.69) is 19.9 Å². The molecule has 40 heavy (non-hydrogen) atoms. The van der Waals surface area contributed by atoms with Gasteiger partial charge in [0.2, 0.25) is 11.8 Å². The fraction of sp³-hybridized carbons (Fsp3) is 0.286. The van der Waals surface area contributed by atoms with E-state index < -0.39 is 11.9 Å². The highest BCUT2D eigenvalue weighted by Gasteiger charge is 2.35. The molecule has 1 aromatic carbocycles. The van der Waals surface area contributed by atoms with Crippen molar-refractivity contribution in [3.05, 3.63) is 71.7 Å². The first kappa shape index (κ1) is 25.7. The van der Waals surface area contributed by atoms with Gasteiger partial charge in [0.15, 0.2) is 11.5 Å². The van der Waals surface area contributed by atoms with E-state index in [0.717, 1.165) is 35.9 Å². The number of imidazole rings is 1. The van der Waals surface area contributed by atoms with E-state index in [1.54, 1.807) is 24.5 Å². The van der Waals surface area contributed by atoms with Crippen LogP contribution in [-0.4, -0.2) is 47.1 Å². The number of aryl methyl sites for hydroxylation is 1. The average Bonchev–Trinajstić information content (AvgIpc) is 3.61. The van der Waals surface area contributed by atoms with E-state index in [0.29, 0.717) is 46.2 Å². The van der Waals surface area contributed by atoms with Crippen molar-refractivity contribution in [2.24, 2.45) is 7.05 Å². The van der Waals surface area contributed by atoms with Gasteiger partial charge in [-0.3, -0.25) is 9.36 Å². The molecule has 6 rings (SSSR count). The fourth-order valence-electron chi connectivity index (χ4n) is 4.86. The molecule has 0 spiro atoms. The van der Waals surface area contributed by atoms with Crippen LogP contribution < -0.4 is 4.74 Å². The summed E-state index contributed by atoms with van der Waals surface area (Å²) in [4.78, 5) is 34.3. The standard InChI is InChI=1S/C28H24F3N7O2/c1-15(39)38-12-19(10-16-4-6-18(7-5-16)26-35-21(13-37(26)2)28(29,30)31)23-20(38)11-32-25(36-23)22-24(17-8-9-17)33-14-34-27(22)40-3/h4-7,11-14,17H,8-10H2,1-3H3. The van der Waals surface area contributed by atoms with E-state index in [1.165, 1.54) is 36.5 Å². The van der Waals surface area contributed by atoms with Crippen LogP contribution in [0.1, 0.15) is 53.0 Å². The molecule has 1 saturated carbocycles. The Kier molecular flexibility index (Phi) is 6.12. The summed E-state index contributed by atoms with van der Waals surface area (Å²) in [5.41, 5.74) is 3.96. The molecule has 0 N–H and O–H groups in total. The van der Waals surface area contributed by atoms with Crippen LogP contribution >= 0.6 is 0 Å². The Morgan fingerprint density at radius 3 is 2.45 bits per heavy atom. The normalized spacial score (nSPS) is 13.7. The number of hydrogen-bond acceptors (Lipinski definition) is 7. The van der Waals surface area contributed by atoms with Crippen molar-refractivity contribution in [2.45, 2.75) is 38.3 Å². The minimum Gasteiger partial charge on any atom is -0.480 e. The zero-order valence-electron chi connectivity index (χ0n) is 21.9. The Hall–Kier alpha value is -4.61. The summed E-state index contributed by atoms with van der Waals surface area (Å²) >= 11 is 0. The Balaban J connectivity index is 1.38. The molecule has 0 unspecified atom stereocenters. The van der Waals surface area contributed by atoms with Gasteiger partial charge in [-0.2, -0.15) is 13.2 Å². The molecule has 4 aromatic heterocycles. The number of aromatic nitrogens is 7. The summed E-state index contributed by atoms with van der Waals surface area (Å²) in [6, 6.07) is 7.12. The number of fused-ring (bicyclic) bond motifs is 1. The quantitative estimate of drug-likeness (QED) is 0.279. The smallest absolute Gasteiger partial charge is 0.434 e. The second kappa shape index (κ2) is 9.54. The van der Waals surface area contributed by atoms with Gasteiger partial charge in [0.25, 0.3) is 0 Å². The summed E-state index contributed by atoms with van der Waals surface area (Å²) in [5.74, 6) is 1.15. The van der Waals surface area contributed by atoms with Gasteiger partial charge in [0, 0.05) is 49.8 Å². The lowest BCUT2D eigenvalue weighted by atomic mass is 10.0. The molecule has 0 aliphatic heterocycles. The van der Waals surface area contributed by atoms with Crippen molar-refractivity contribution < 1.29 is 22.7 Å². The van der Waals surface area contributed by atoms with E-state index >= 15 is 0 Å². The number of rotatable bonds is 6. The molecule has 4 heterocycles. The molecular weight excluding hydrogens is 523 g/mol. The molecule has 12 heteroatoms. The molecule has 1 fully saturated rings. The molecule has 9 nitrogen and oxygen atoms in total. The first-order chi connectivity index (χ1) is 19.1. The number of benzene rings is 1. The van der Waals surface area contributed by atoms with Gasteiger partial charge in [0.05, 0.1) is 30.0 Å². The van der Waals surface area contributed by atoms with E-state index in [9.17, 15) is 18.0 Å². The first-order valence-corrected chi connectivity index (χ1v) is 12.6. The van der Waals surface area contributed by atoms with E-state index in [1.807, 2.05) is 12.1 Å². The van der Waals surface area contributed by atoms with Gasteiger partial charge in [-0.15, -0.1) is 0 Å². The number of hydrogen-bond donors (Lipinski definition) is 0. The van der Waals surface area contributed by atoms with Gasteiger partial charge >= 0.3 is 6.18 Å². The maximum atomic E-state index is 13.1. The predicted octanol–water partition coefficient (Wildman–Crippen LogP) is 5.44. The van der Waals surface area contributed by atoms with Crippen LogP contribution in [-0.2, 0) is 19.6 Å². The Bertz CT molecular complexity index is 1750. The maximum Gasteiger partial charge on any atom is 0.434 e. The van der Waals surface area contributed by atoms with Gasteiger partial charge < -0.3 is 9.30 Å². The van der Waals surface area contributed by atoms with Gasteiger partial charge in [-0.1, -0.05) is 24.3 Å². The van der Waals surface area contributed by atoms with Gasteiger partial charge in [-0.25, -0.2) is 24.9 Å². The third-order valence-corrected chi connectivity index (χ3v) is 6.95. The molecule has 5 aromatic rings. The van der Waals surface area contributed by atoms with Crippen molar-refractivity contribution in [2.75, 3.05) is 7.11 Å². The number of nitrogens with zero attached hydrogens (tertiary/aromatic N) is 7. The zero-order valence-corrected chi connectivity index (χ0v) is 21.9. The largest absolute Gasteiger partial charge is 0.480 e. The van der Waals surface area contributed by atoms with Crippen LogP contribution in [0, 0.1) is 0 Å². The van der Waals surface area contributed by atoms with Crippen LogP contribution in [0.3, 0.4) is 0 Å². The topological polar surface area (TPSA) is 101 Å². The average molecular weight is 548 g/mol. The molecule has 0 radical (unpaired) electrons. The summed E-state index contributed by atoms with van der Waals surface area (Å²) in [6.45, 7) is 1.47. The molecule has 0 atom stereocenters. The van der Waals surface area contributed by atoms with Crippen molar-refractivity contribution in [3.8, 4) is 28.7 Å². The van der Waals surface area contributed by atoms with Crippen molar-refractivity contribution >= 4 is 16.9 Å². The minimum absolute atomic E-state index is 0.183. The number of alkyl halides is 3. The molecule has 0 bridgehead atoms. The predicted molar refractivity (Wildman–Crippen MR) is 140 cm³/mol. The van der Waals surface area contributed by atoms with Gasteiger partial charge in [0.1, 0.15) is 17.7 Å². The van der Waals surface area contributed by atoms with Crippen LogP contribution in [0.4, 0.5) is 13.2 Å². The minimum atomic E-state index is -4.52. The number of ether oxygens (including phenoxy) is 1. The van der Waals surface area contributed by atoms with E-state index in [-0.39, 0.29) is 11.7 Å². The van der Waals surface area contributed by atoms with Crippen LogP contribution in [0.25, 0.3) is 33.8 Å². The summed E-state index contributed by atoms with van der Waals surface area (Å²) < 4.78 is 47.7. The van der Waals surface area contributed by atoms with Crippen LogP contribution in [0.5, 0.6) is 5.88 Å². The first-order valence-electron chi connectivity index (χ1n) is 12.6. The maximum absolute atomic E-state index is 13.1. The van der Waals surface area contributed by atoms with Crippen molar-refractivity contribution in [1.82, 2.24) is 34.1 Å². The molecule has 1 aliphatic rings. The Labute approximate surface area is 226 Å². The van der Waals surface area contributed by atoms with Crippen LogP contribution in [0.15, 0.2) is 49.2 Å². The molecule has 204 valence electrons. The van der Waals surface area contributed by atoms with E-state index in [4.69, 9.17) is 9.72 Å². The number of halogens is 3. The van der Waals surface area contributed by atoms with Gasteiger partial charge in [-0.05, 0) is 18.4 Å². The highest BCUT2D eigenvalue weighted by Crippen LogP contribution is 2.45. The fourth-order valence-corrected chi connectivity index (χ4v) is 4.86. The van der Waals surface area contributed by atoms with Crippen molar-refractivity contribution in [1.29, 1.82) is 0 Å². The number of carbonyl (C=O) groups is 1. The molecule has 0 amide bonds. The lowest BCUT2D eigenvalue weighted by molar-refractivity contribution is -0.140. The lowest BCUT2D eigenvalue weighted by Crippen LogP contribution is -2.05. The van der Waals surface area contributed by atoms with Crippen LogP contribution in [0.2, 0.25) is 0 Å². The number of methoxy groups -OCH3 is 1. The monoisotopic (exact) mass is 547 g/mol. The third-order valence-electron chi connectivity index (χ3n) is 6.95. The third kappa shape index (κ3) is 4.59. The molecular formula is C28H24F3N7O2. The Morgan fingerprint density at radius 1 is 1.07 bits per heavy atom. The highest BCUT2D eigenvalue weighted by atomic mass is 19.4. The van der Waals surface area contributed by atoms with Crippen molar-refractivity contribution in [3.63, 3.8) is 0 Å².